The monoisotopic (exact) mass is 382 g/mol. The molecule has 0 saturated heterocycles. The molecule has 0 saturated carbocycles. The molecule has 1 aromatic heterocycles. The Balaban J connectivity index is 1.95. The molecule has 1 aromatic carbocycles. The van der Waals surface area contributed by atoms with Gasteiger partial charge in [-0.3, -0.25) is 4.79 Å². The fourth-order valence-electron chi connectivity index (χ4n) is 1.95. The lowest BCUT2D eigenvalue weighted by Gasteiger charge is -2.13. The first-order valence-electron chi connectivity index (χ1n) is 6.99. The number of anilines is 1. The molecule has 1 unspecified atom stereocenters. The molecule has 0 bridgehead atoms. The molecule has 0 radical (unpaired) electrons. The third-order valence-corrected chi connectivity index (χ3v) is 5.24. The predicted molar refractivity (Wildman–Crippen MR) is 94.2 cm³/mol. The van der Waals surface area contributed by atoms with Crippen LogP contribution in [0.5, 0.6) is 0 Å². The molecule has 2 rings (SSSR count). The second-order valence-corrected chi connectivity index (χ2v) is 7.41. The molecule has 0 aliphatic carbocycles. The lowest BCUT2D eigenvalue weighted by molar-refractivity contribution is -0.115. The van der Waals surface area contributed by atoms with Gasteiger partial charge in [0.2, 0.25) is 5.91 Å². The summed E-state index contributed by atoms with van der Waals surface area (Å²) in [5.74, 6) is 1.52. The van der Waals surface area contributed by atoms with E-state index in [1.165, 1.54) is 0 Å². The number of rotatable bonds is 5. The van der Waals surface area contributed by atoms with E-state index in [9.17, 15) is 4.79 Å². The molecule has 1 atom stereocenters. The van der Waals surface area contributed by atoms with Crippen LogP contribution in [0.25, 0.3) is 0 Å². The lowest BCUT2D eigenvalue weighted by Crippen LogP contribution is -2.22. The Labute approximate surface area is 143 Å². The highest BCUT2D eigenvalue weighted by atomic mass is 79.9. The van der Waals surface area contributed by atoms with Crippen molar-refractivity contribution < 1.29 is 9.32 Å². The number of nitrogens with one attached hydrogen (secondary N) is 1. The van der Waals surface area contributed by atoms with E-state index in [1.807, 2.05) is 45.9 Å². The fraction of sp³-hybridized carbons (Fsp3) is 0.375. The van der Waals surface area contributed by atoms with E-state index in [0.29, 0.717) is 5.75 Å². The quantitative estimate of drug-likeness (QED) is 0.819. The lowest BCUT2D eigenvalue weighted by atomic mass is 10.2. The Kier molecular flexibility index (Phi) is 5.69. The number of aromatic nitrogens is 1. The van der Waals surface area contributed by atoms with Crippen molar-refractivity contribution in [1.29, 1.82) is 0 Å². The summed E-state index contributed by atoms with van der Waals surface area (Å²) in [5.41, 5.74) is 3.89. The van der Waals surface area contributed by atoms with E-state index in [1.54, 1.807) is 11.8 Å². The zero-order valence-electron chi connectivity index (χ0n) is 13.1. The summed E-state index contributed by atoms with van der Waals surface area (Å²) in [4.78, 5) is 12.3. The maximum atomic E-state index is 12.3. The zero-order chi connectivity index (χ0) is 16.3. The molecule has 1 amide bonds. The van der Waals surface area contributed by atoms with Gasteiger partial charge in [-0.15, -0.1) is 11.8 Å². The van der Waals surface area contributed by atoms with Crippen LogP contribution in [0, 0.1) is 20.8 Å². The summed E-state index contributed by atoms with van der Waals surface area (Å²) < 4.78 is 6.03. The van der Waals surface area contributed by atoms with Crippen molar-refractivity contribution in [3.05, 3.63) is 45.3 Å². The van der Waals surface area contributed by atoms with Gasteiger partial charge in [-0.1, -0.05) is 11.2 Å². The Hall–Kier alpha value is -1.27. The van der Waals surface area contributed by atoms with Crippen LogP contribution in [0.3, 0.4) is 0 Å². The molecule has 0 fully saturated rings. The van der Waals surface area contributed by atoms with Gasteiger partial charge in [0.1, 0.15) is 5.76 Å². The summed E-state index contributed by atoms with van der Waals surface area (Å²) in [7, 11) is 0. The van der Waals surface area contributed by atoms with Gasteiger partial charge in [0, 0.05) is 15.8 Å². The summed E-state index contributed by atoms with van der Waals surface area (Å²) in [5, 5.41) is 6.72. The first-order chi connectivity index (χ1) is 10.4. The normalized spacial score (nSPS) is 12.2. The molecule has 0 spiro atoms. The minimum absolute atomic E-state index is 0.0127. The highest BCUT2D eigenvalue weighted by molar-refractivity contribution is 9.10. The highest BCUT2D eigenvalue weighted by Crippen LogP contribution is 2.26. The van der Waals surface area contributed by atoms with Crippen molar-refractivity contribution in [1.82, 2.24) is 5.16 Å². The molecule has 6 heteroatoms. The van der Waals surface area contributed by atoms with Gasteiger partial charge < -0.3 is 9.84 Å². The van der Waals surface area contributed by atoms with Crippen molar-refractivity contribution in [2.24, 2.45) is 0 Å². The molecular weight excluding hydrogens is 364 g/mol. The molecule has 118 valence electrons. The number of carbonyl (C=O) groups is 1. The van der Waals surface area contributed by atoms with E-state index in [0.717, 1.165) is 32.7 Å². The number of amides is 1. The number of nitrogens with zero attached hydrogens (tertiary/aromatic N) is 1. The molecule has 1 N–H and O–H groups in total. The largest absolute Gasteiger partial charge is 0.361 e. The standard InChI is InChI=1S/C16H19BrN2O2S/c1-9-5-6-15(14(17)7-9)18-16(20)12(4)22-8-13-10(2)19-21-11(13)3/h5-7,12H,8H2,1-4H3,(H,18,20). The topological polar surface area (TPSA) is 55.1 Å². The van der Waals surface area contributed by atoms with E-state index >= 15 is 0 Å². The Morgan fingerprint density at radius 3 is 2.73 bits per heavy atom. The molecule has 1 heterocycles. The van der Waals surface area contributed by atoms with E-state index in [2.05, 4.69) is 26.4 Å². The summed E-state index contributed by atoms with van der Waals surface area (Å²) in [6.45, 7) is 7.73. The molecule has 0 aliphatic rings. The SMILES string of the molecule is Cc1ccc(NC(=O)C(C)SCc2c(C)noc2C)c(Br)c1. The van der Waals surface area contributed by atoms with Crippen LogP contribution < -0.4 is 5.32 Å². The minimum Gasteiger partial charge on any atom is -0.361 e. The number of thioether (sulfide) groups is 1. The van der Waals surface area contributed by atoms with Gasteiger partial charge in [0.05, 0.1) is 16.6 Å². The number of carbonyl (C=O) groups excluding carboxylic acids is 1. The van der Waals surface area contributed by atoms with Gasteiger partial charge >= 0.3 is 0 Å². The molecule has 22 heavy (non-hydrogen) atoms. The minimum atomic E-state index is -0.165. The number of hydrogen-bond donors (Lipinski definition) is 1. The first-order valence-corrected chi connectivity index (χ1v) is 8.83. The van der Waals surface area contributed by atoms with E-state index in [4.69, 9.17) is 4.52 Å². The number of halogens is 1. The first kappa shape index (κ1) is 17.1. The second kappa shape index (κ2) is 7.33. The fourth-order valence-corrected chi connectivity index (χ4v) is 3.58. The Bertz CT molecular complexity index is 665. The molecule has 2 aromatic rings. The second-order valence-electron chi connectivity index (χ2n) is 5.23. The van der Waals surface area contributed by atoms with Crippen LogP contribution in [0.1, 0.15) is 29.5 Å². The van der Waals surface area contributed by atoms with Gasteiger partial charge in [-0.2, -0.15) is 0 Å². The maximum Gasteiger partial charge on any atom is 0.237 e. The van der Waals surface area contributed by atoms with Crippen LogP contribution in [0.2, 0.25) is 0 Å². The third kappa shape index (κ3) is 4.14. The van der Waals surface area contributed by atoms with Gasteiger partial charge in [-0.25, -0.2) is 0 Å². The third-order valence-electron chi connectivity index (χ3n) is 3.41. The van der Waals surface area contributed by atoms with Gasteiger partial charge in [0.25, 0.3) is 0 Å². The van der Waals surface area contributed by atoms with Crippen LogP contribution in [0.15, 0.2) is 27.2 Å². The molecule has 0 aliphatic heterocycles. The Morgan fingerprint density at radius 2 is 2.14 bits per heavy atom. The highest BCUT2D eigenvalue weighted by Gasteiger charge is 2.17. The number of benzene rings is 1. The van der Waals surface area contributed by atoms with E-state index in [-0.39, 0.29) is 11.2 Å². The predicted octanol–water partition coefficient (Wildman–Crippen LogP) is 4.62. The van der Waals surface area contributed by atoms with Crippen molar-refractivity contribution in [2.45, 2.75) is 38.7 Å². The summed E-state index contributed by atoms with van der Waals surface area (Å²) in [6.07, 6.45) is 0. The molecular formula is C16H19BrN2O2S. The maximum absolute atomic E-state index is 12.3. The summed E-state index contributed by atoms with van der Waals surface area (Å²) in [6, 6.07) is 5.86. The van der Waals surface area contributed by atoms with E-state index < -0.39 is 0 Å². The smallest absolute Gasteiger partial charge is 0.237 e. The Morgan fingerprint density at radius 1 is 1.41 bits per heavy atom. The van der Waals surface area contributed by atoms with Crippen LogP contribution in [0.4, 0.5) is 5.69 Å². The van der Waals surface area contributed by atoms with Crippen LogP contribution in [-0.4, -0.2) is 16.3 Å². The molecule has 4 nitrogen and oxygen atoms in total. The zero-order valence-corrected chi connectivity index (χ0v) is 15.5. The number of aryl methyl sites for hydroxylation is 3. The van der Waals surface area contributed by atoms with Gasteiger partial charge in [-0.05, 0) is 61.3 Å². The average Bonchev–Trinajstić information content (AvgIpc) is 2.78. The van der Waals surface area contributed by atoms with Crippen molar-refractivity contribution >= 4 is 39.3 Å². The van der Waals surface area contributed by atoms with Crippen molar-refractivity contribution in [2.75, 3.05) is 5.32 Å². The van der Waals surface area contributed by atoms with Crippen molar-refractivity contribution in [3.63, 3.8) is 0 Å². The van der Waals surface area contributed by atoms with Crippen LogP contribution in [-0.2, 0) is 10.5 Å². The van der Waals surface area contributed by atoms with Gasteiger partial charge in [0.15, 0.2) is 0 Å². The summed E-state index contributed by atoms with van der Waals surface area (Å²) >= 11 is 5.04. The average molecular weight is 383 g/mol. The van der Waals surface area contributed by atoms with Crippen molar-refractivity contribution in [3.8, 4) is 0 Å². The van der Waals surface area contributed by atoms with Crippen LogP contribution >= 0.6 is 27.7 Å². The number of hydrogen-bond acceptors (Lipinski definition) is 4.